The Morgan fingerprint density at radius 3 is 2.50 bits per heavy atom. The topological polar surface area (TPSA) is 29.1 Å². The summed E-state index contributed by atoms with van der Waals surface area (Å²) in [6, 6.07) is 9.65. The van der Waals surface area contributed by atoms with E-state index in [1.807, 2.05) is 30.3 Å². The highest BCUT2D eigenvalue weighted by Crippen LogP contribution is 2.49. The second-order valence-corrected chi connectivity index (χ2v) is 3.95. The standard InChI is InChI=1S/C12H15NO/c1-2-12(8-9-12)11(14)13-10-6-4-3-5-7-10/h3-7H,2,8-9H2,1H3,(H,13,14). The van der Waals surface area contributed by atoms with Crippen LogP contribution in [0.4, 0.5) is 5.69 Å². The van der Waals surface area contributed by atoms with Crippen LogP contribution in [0.5, 0.6) is 0 Å². The van der Waals surface area contributed by atoms with Gasteiger partial charge in [-0.15, -0.1) is 0 Å². The molecule has 1 aromatic rings. The Bertz CT molecular complexity index is 327. The molecule has 1 aliphatic carbocycles. The molecule has 1 fully saturated rings. The first kappa shape index (κ1) is 9.25. The molecule has 2 heteroatoms. The molecule has 0 bridgehead atoms. The predicted octanol–water partition coefficient (Wildman–Crippen LogP) is 2.82. The maximum atomic E-state index is 11.8. The quantitative estimate of drug-likeness (QED) is 0.778. The summed E-state index contributed by atoms with van der Waals surface area (Å²) in [6.45, 7) is 2.08. The van der Waals surface area contributed by atoms with E-state index in [2.05, 4.69) is 12.2 Å². The van der Waals surface area contributed by atoms with Crippen molar-refractivity contribution in [1.29, 1.82) is 0 Å². The van der Waals surface area contributed by atoms with Crippen LogP contribution in [0, 0.1) is 5.41 Å². The van der Waals surface area contributed by atoms with Gasteiger partial charge in [0.15, 0.2) is 0 Å². The fourth-order valence-electron chi connectivity index (χ4n) is 1.68. The van der Waals surface area contributed by atoms with Crippen molar-refractivity contribution in [2.24, 2.45) is 5.41 Å². The van der Waals surface area contributed by atoms with Crippen LogP contribution in [0.2, 0.25) is 0 Å². The molecular formula is C12H15NO. The Morgan fingerprint density at radius 1 is 1.36 bits per heavy atom. The maximum absolute atomic E-state index is 11.8. The number of carbonyl (C=O) groups excluding carboxylic acids is 1. The first-order chi connectivity index (χ1) is 6.77. The average molecular weight is 189 g/mol. The molecule has 74 valence electrons. The Hall–Kier alpha value is -1.31. The van der Waals surface area contributed by atoms with Crippen molar-refractivity contribution >= 4 is 11.6 Å². The van der Waals surface area contributed by atoms with Gasteiger partial charge in [-0.25, -0.2) is 0 Å². The molecule has 0 saturated heterocycles. The van der Waals surface area contributed by atoms with Gasteiger partial charge in [0.25, 0.3) is 0 Å². The number of rotatable bonds is 3. The summed E-state index contributed by atoms with van der Waals surface area (Å²) < 4.78 is 0. The summed E-state index contributed by atoms with van der Waals surface area (Å²) in [5.74, 6) is 0.186. The van der Waals surface area contributed by atoms with Crippen LogP contribution in [0.15, 0.2) is 30.3 Å². The number of para-hydroxylation sites is 1. The molecule has 2 rings (SSSR count). The Balaban J connectivity index is 2.02. The highest BCUT2D eigenvalue weighted by atomic mass is 16.2. The van der Waals surface area contributed by atoms with E-state index >= 15 is 0 Å². The third-order valence-corrected chi connectivity index (χ3v) is 3.04. The molecule has 1 aromatic carbocycles. The molecule has 0 aromatic heterocycles. The number of nitrogens with one attached hydrogen (secondary N) is 1. The molecule has 1 amide bonds. The second-order valence-electron chi connectivity index (χ2n) is 3.95. The lowest BCUT2D eigenvalue weighted by Crippen LogP contribution is -2.23. The van der Waals surface area contributed by atoms with E-state index in [0.29, 0.717) is 0 Å². The minimum Gasteiger partial charge on any atom is -0.326 e. The van der Waals surface area contributed by atoms with E-state index in [1.165, 1.54) is 0 Å². The Morgan fingerprint density at radius 2 is 2.00 bits per heavy atom. The number of hydrogen-bond acceptors (Lipinski definition) is 1. The zero-order valence-corrected chi connectivity index (χ0v) is 8.42. The normalized spacial score (nSPS) is 17.5. The van der Waals surface area contributed by atoms with Crippen LogP contribution in [0.25, 0.3) is 0 Å². The third kappa shape index (κ3) is 1.65. The highest BCUT2D eigenvalue weighted by Gasteiger charge is 2.47. The van der Waals surface area contributed by atoms with Crippen molar-refractivity contribution in [3.8, 4) is 0 Å². The largest absolute Gasteiger partial charge is 0.326 e. The van der Waals surface area contributed by atoms with Crippen LogP contribution in [-0.4, -0.2) is 5.91 Å². The van der Waals surface area contributed by atoms with Gasteiger partial charge in [0.05, 0.1) is 0 Å². The van der Waals surface area contributed by atoms with Gasteiger partial charge in [-0.3, -0.25) is 4.79 Å². The van der Waals surface area contributed by atoms with Gasteiger partial charge in [-0.05, 0) is 31.4 Å². The number of carbonyl (C=O) groups is 1. The third-order valence-electron chi connectivity index (χ3n) is 3.04. The van der Waals surface area contributed by atoms with Crippen LogP contribution >= 0.6 is 0 Å². The average Bonchev–Trinajstić information content (AvgIpc) is 3.00. The van der Waals surface area contributed by atoms with Crippen LogP contribution in [0.1, 0.15) is 26.2 Å². The molecule has 1 saturated carbocycles. The molecule has 0 aliphatic heterocycles. The van der Waals surface area contributed by atoms with E-state index in [-0.39, 0.29) is 11.3 Å². The van der Waals surface area contributed by atoms with Gasteiger partial charge in [0, 0.05) is 11.1 Å². The van der Waals surface area contributed by atoms with Gasteiger partial charge >= 0.3 is 0 Å². The molecule has 0 radical (unpaired) electrons. The number of amides is 1. The SMILES string of the molecule is CCC1(C(=O)Nc2ccccc2)CC1. The lowest BCUT2D eigenvalue weighted by Gasteiger charge is -2.12. The van der Waals surface area contributed by atoms with Crippen LogP contribution < -0.4 is 5.32 Å². The molecule has 2 nitrogen and oxygen atoms in total. The fourth-order valence-corrected chi connectivity index (χ4v) is 1.68. The number of benzene rings is 1. The fraction of sp³-hybridized carbons (Fsp3) is 0.417. The molecule has 1 N–H and O–H groups in total. The molecule has 0 unspecified atom stereocenters. The van der Waals surface area contributed by atoms with Crippen molar-refractivity contribution in [3.05, 3.63) is 30.3 Å². The molecule has 0 heterocycles. The van der Waals surface area contributed by atoms with E-state index in [1.54, 1.807) is 0 Å². The maximum Gasteiger partial charge on any atom is 0.230 e. The molecule has 14 heavy (non-hydrogen) atoms. The highest BCUT2D eigenvalue weighted by molar-refractivity contribution is 5.97. The summed E-state index contributed by atoms with van der Waals surface area (Å²) in [5, 5.41) is 2.96. The summed E-state index contributed by atoms with van der Waals surface area (Å²) >= 11 is 0. The predicted molar refractivity (Wildman–Crippen MR) is 57.0 cm³/mol. The zero-order valence-electron chi connectivity index (χ0n) is 8.42. The van der Waals surface area contributed by atoms with Gasteiger partial charge in [0.1, 0.15) is 0 Å². The molecule has 0 atom stereocenters. The summed E-state index contributed by atoms with van der Waals surface area (Å²) in [6.07, 6.45) is 3.04. The first-order valence-corrected chi connectivity index (χ1v) is 5.13. The lowest BCUT2D eigenvalue weighted by molar-refractivity contribution is -0.121. The monoisotopic (exact) mass is 189 g/mol. The molecule has 0 spiro atoms. The Labute approximate surface area is 84.3 Å². The zero-order chi connectivity index (χ0) is 10.0. The number of hydrogen-bond donors (Lipinski definition) is 1. The van der Waals surface area contributed by atoms with Crippen molar-refractivity contribution in [2.75, 3.05) is 5.32 Å². The van der Waals surface area contributed by atoms with Crippen molar-refractivity contribution in [3.63, 3.8) is 0 Å². The Kier molecular flexibility index (Phi) is 2.28. The summed E-state index contributed by atoms with van der Waals surface area (Å²) in [5.41, 5.74) is 0.854. The van der Waals surface area contributed by atoms with E-state index in [9.17, 15) is 4.79 Å². The second kappa shape index (κ2) is 3.45. The number of anilines is 1. The molecular weight excluding hydrogens is 174 g/mol. The summed E-state index contributed by atoms with van der Waals surface area (Å²) in [7, 11) is 0. The van der Waals surface area contributed by atoms with Crippen molar-refractivity contribution < 1.29 is 4.79 Å². The van der Waals surface area contributed by atoms with Gasteiger partial charge in [-0.1, -0.05) is 25.1 Å². The van der Waals surface area contributed by atoms with Crippen molar-refractivity contribution in [1.82, 2.24) is 0 Å². The first-order valence-electron chi connectivity index (χ1n) is 5.13. The minimum atomic E-state index is -0.0458. The lowest BCUT2D eigenvalue weighted by atomic mass is 10.0. The van der Waals surface area contributed by atoms with E-state index in [4.69, 9.17) is 0 Å². The van der Waals surface area contributed by atoms with Gasteiger partial charge in [-0.2, -0.15) is 0 Å². The van der Waals surface area contributed by atoms with Crippen LogP contribution in [0.3, 0.4) is 0 Å². The smallest absolute Gasteiger partial charge is 0.230 e. The molecule has 1 aliphatic rings. The van der Waals surface area contributed by atoms with Gasteiger partial charge < -0.3 is 5.32 Å². The van der Waals surface area contributed by atoms with Crippen molar-refractivity contribution in [2.45, 2.75) is 26.2 Å². The summed E-state index contributed by atoms with van der Waals surface area (Å²) in [4.78, 5) is 11.8. The van der Waals surface area contributed by atoms with Crippen LogP contribution in [-0.2, 0) is 4.79 Å². The van der Waals surface area contributed by atoms with E-state index < -0.39 is 0 Å². The van der Waals surface area contributed by atoms with E-state index in [0.717, 1.165) is 24.9 Å². The van der Waals surface area contributed by atoms with Gasteiger partial charge in [0.2, 0.25) is 5.91 Å². The minimum absolute atomic E-state index is 0.0458.